The number of methoxy groups -OCH3 is 2. The number of carbonyl (C=O) groups excluding carboxylic acids is 2. The van der Waals surface area contributed by atoms with Gasteiger partial charge in [-0.3, -0.25) is 9.59 Å². The van der Waals surface area contributed by atoms with Crippen molar-refractivity contribution in [2.24, 2.45) is 0 Å². The summed E-state index contributed by atoms with van der Waals surface area (Å²) in [6, 6.07) is 8.55. The average molecular weight is 465 g/mol. The third-order valence-corrected chi connectivity index (χ3v) is 5.05. The van der Waals surface area contributed by atoms with Gasteiger partial charge in [-0.15, -0.1) is 0 Å². The summed E-state index contributed by atoms with van der Waals surface area (Å²) in [5.74, 6) is 1.71. The first-order valence-electron chi connectivity index (χ1n) is 8.86. The van der Waals surface area contributed by atoms with Crippen LogP contribution in [0.3, 0.4) is 0 Å². The van der Waals surface area contributed by atoms with Gasteiger partial charge in [0.1, 0.15) is 0 Å². The Morgan fingerprint density at radius 1 is 1.03 bits per heavy atom. The van der Waals surface area contributed by atoms with E-state index in [-0.39, 0.29) is 25.2 Å². The van der Waals surface area contributed by atoms with Gasteiger partial charge in [-0.2, -0.15) is 0 Å². The van der Waals surface area contributed by atoms with Crippen LogP contribution >= 0.6 is 15.9 Å². The first kappa shape index (κ1) is 20.8. The number of fused-ring (bicyclic) bond motifs is 1. The molecule has 2 amide bonds. The molecule has 0 spiro atoms. The summed E-state index contributed by atoms with van der Waals surface area (Å²) in [5.41, 5.74) is 1.36. The van der Waals surface area contributed by atoms with Gasteiger partial charge in [0.25, 0.3) is 5.91 Å². The minimum Gasteiger partial charge on any atom is -0.493 e. The van der Waals surface area contributed by atoms with Crippen LogP contribution in [-0.2, 0) is 11.2 Å². The van der Waals surface area contributed by atoms with E-state index < -0.39 is 0 Å². The molecule has 3 rings (SSSR count). The van der Waals surface area contributed by atoms with E-state index in [1.165, 1.54) is 0 Å². The number of hydrogen-bond donors (Lipinski definition) is 2. The number of nitrogens with one attached hydrogen (secondary N) is 2. The fourth-order valence-corrected chi connectivity index (χ4v) is 3.31. The molecule has 2 N–H and O–H groups in total. The molecular formula is C20H21BrN2O6. The maximum Gasteiger partial charge on any atom is 0.251 e. The van der Waals surface area contributed by atoms with Crippen LogP contribution in [0.1, 0.15) is 15.9 Å². The van der Waals surface area contributed by atoms with Gasteiger partial charge in [0.15, 0.2) is 23.0 Å². The van der Waals surface area contributed by atoms with E-state index in [4.69, 9.17) is 18.9 Å². The lowest BCUT2D eigenvalue weighted by Crippen LogP contribution is -2.37. The predicted octanol–water partition coefficient (Wildman–Crippen LogP) is 2.28. The summed E-state index contributed by atoms with van der Waals surface area (Å²) < 4.78 is 21.9. The van der Waals surface area contributed by atoms with E-state index in [0.29, 0.717) is 41.5 Å². The van der Waals surface area contributed by atoms with Crippen LogP contribution in [0.25, 0.3) is 0 Å². The van der Waals surface area contributed by atoms with Gasteiger partial charge < -0.3 is 29.6 Å². The minimum absolute atomic E-state index is 0.125. The molecule has 0 aromatic heterocycles. The summed E-state index contributed by atoms with van der Waals surface area (Å²) in [7, 11) is 3.14. The molecule has 8 nitrogen and oxygen atoms in total. The lowest BCUT2D eigenvalue weighted by molar-refractivity contribution is -0.120. The second kappa shape index (κ2) is 9.51. The van der Waals surface area contributed by atoms with Crippen molar-refractivity contribution in [2.45, 2.75) is 6.42 Å². The van der Waals surface area contributed by atoms with Crippen LogP contribution in [0.2, 0.25) is 0 Å². The highest BCUT2D eigenvalue weighted by atomic mass is 79.9. The summed E-state index contributed by atoms with van der Waals surface area (Å²) in [4.78, 5) is 24.2. The van der Waals surface area contributed by atoms with Crippen LogP contribution in [0, 0.1) is 0 Å². The number of rotatable bonds is 8. The molecule has 29 heavy (non-hydrogen) atoms. The number of halogens is 1. The Balaban J connectivity index is 1.46. The third-order valence-electron chi connectivity index (χ3n) is 4.31. The largest absolute Gasteiger partial charge is 0.493 e. The molecule has 1 heterocycles. The second-order valence-electron chi connectivity index (χ2n) is 6.15. The van der Waals surface area contributed by atoms with E-state index >= 15 is 0 Å². The van der Waals surface area contributed by atoms with Gasteiger partial charge in [-0.05, 0) is 42.3 Å². The van der Waals surface area contributed by atoms with Crippen LogP contribution < -0.4 is 29.6 Å². The average Bonchev–Trinajstić information content (AvgIpc) is 3.20. The molecule has 0 saturated heterocycles. The Morgan fingerprint density at radius 3 is 2.52 bits per heavy atom. The number of ether oxygens (including phenoxy) is 4. The van der Waals surface area contributed by atoms with Crippen LogP contribution in [-0.4, -0.2) is 45.9 Å². The highest BCUT2D eigenvalue weighted by Gasteiger charge is 2.16. The highest BCUT2D eigenvalue weighted by Crippen LogP contribution is 2.33. The van der Waals surface area contributed by atoms with Crippen molar-refractivity contribution in [1.29, 1.82) is 0 Å². The van der Waals surface area contributed by atoms with Crippen molar-refractivity contribution >= 4 is 27.7 Å². The summed E-state index contributed by atoms with van der Waals surface area (Å²) >= 11 is 3.49. The van der Waals surface area contributed by atoms with Gasteiger partial charge in [-0.25, -0.2) is 0 Å². The lowest BCUT2D eigenvalue weighted by atomic mass is 10.1. The number of carbonyl (C=O) groups is 2. The van der Waals surface area contributed by atoms with E-state index in [0.717, 1.165) is 10.0 Å². The molecular weight excluding hydrogens is 444 g/mol. The summed E-state index contributed by atoms with van der Waals surface area (Å²) in [6.07, 6.45) is 0.586. The maximum atomic E-state index is 12.2. The Kier molecular flexibility index (Phi) is 6.82. The molecule has 1 aliphatic rings. The fraction of sp³-hybridized carbons (Fsp3) is 0.300. The van der Waals surface area contributed by atoms with E-state index in [1.807, 2.05) is 12.1 Å². The molecule has 0 fully saturated rings. The zero-order chi connectivity index (χ0) is 20.8. The van der Waals surface area contributed by atoms with Crippen LogP contribution in [0.4, 0.5) is 0 Å². The molecule has 2 aromatic rings. The Hall–Kier alpha value is -2.94. The third kappa shape index (κ3) is 5.11. The smallest absolute Gasteiger partial charge is 0.251 e. The predicted molar refractivity (Wildman–Crippen MR) is 109 cm³/mol. The van der Waals surface area contributed by atoms with Crippen LogP contribution in [0.15, 0.2) is 34.8 Å². The van der Waals surface area contributed by atoms with Crippen molar-refractivity contribution in [1.82, 2.24) is 10.6 Å². The molecule has 9 heteroatoms. The molecule has 0 aliphatic carbocycles. The standard InChI is InChI=1S/C20H21BrN2O6/c1-26-16-7-12(14(21)9-17(16)27-2)5-6-22-19(24)10-23-20(25)13-3-4-15-18(8-13)29-11-28-15/h3-4,7-9H,5-6,10-11H2,1-2H3,(H,22,24)(H,23,25). The van der Waals surface area contributed by atoms with Crippen molar-refractivity contribution in [2.75, 3.05) is 34.1 Å². The SMILES string of the molecule is COc1cc(Br)c(CCNC(=O)CNC(=O)c2ccc3c(c2)OCO3)cc1OC. The number of benzene rings is 2. The zero-order valence-corrected chi connectivity index (χ0v) is 17.6. The fourth-order valence-electron chi connectivity index (χ4n) is 2.79. The van der Waals surface area contributed by atoms with E-state index in [2.05, 4.69) is 26.6 Å². The van der Waals surface area contributed by atoms with Gasteiger partial charge in [0.05, 0.1) is 20.8 Å². The molecule has 154 valence electrons. The Bertz CT molecular complexity index is 918. The minimum atomic E-state index is -0.360. The molecule has 0 radical (unpaired) electrons. The molecule has 0 atom stereocenters. The molecule has 0 bridgehead atoms. The van der Waals surface area contributed by atoms with E-state index in [1.54, 1.807) is 32.4 Å². The van der Waals surface area contributed by atoms with Gasteiger partial charge in [0.2, 0.25) is 12.7 Å². The number of hydrogen-bond acceptors (Lipinski definition) is 6. The second-order valence-corrected chi connectivity index (χ2v) is 7.00. The first-order chi connectivity index (χ1) is 14.0. The normalized spacial score (nSPS) is 11.7. The van der Waals surface area contributed by atoms with Crippen molar-refractivity contribution < 1.29 is 28.5 Å². The molecule has 0 unspecified atom stereocenters. The highest BCUT2D eigenvalue weighted by molar-refractivity contribution is 9.10. The van der Waals surface area contributed by atoms with Crippen molar-refractivity contribution in [3.8, 4) is 23.0 Å². The van der Waals surface area contributed by atoms with Crippen LogP contribution in [0.5, 0.6) is 23.0 Å². The van der Waals surface area contributed by atoms with Gasteiger partial charge in [0, 0.05) is 16.6 Å². The topological polar surface area (TPSA) is 95.1 Å². The maximum absolute atomic E-state index is 12.2. The quantitative estimate of drug-likeness (QED) is 0.622. The van der Waals surface area contributed by atoms with E-state index in [9.17, 15) is 9.59 Å². The Morgan fingerprint density at radius 2 is 1.76 bits per heavy atom. The summed E-state index contributed by atoms with van der Waals surface area (Å²) in [5, 5.41) is 5.37. The first-order valence-corrected chi connectivity index (χ1v) is 9.66. The van der Waals surface area contributed by atoms with Gasteiger partial charge >= 0.3 is 0 Å². The summed E-state index contributed by atoms with van der Waals surface area (Å²) in [6.45, 7) is 0.423. The zero-order valence-electron chi connectivity index (χ0n) is 16.0. The molecule has 2 aromatic carbocycles. The molecule has 0 saturated carbocycles. The van der Waals surface area contributed by atoms with Crippen molar-refractivity contribution in [3.05, 3.63) is 45.9 Å². The monoisotopic (exact) mass is 464 g/mol. The van der Waals surface area contributed by atoms with Gasteiger partial charge in [-0.1, -0.05) is 15.9 Å². The lowest BCUT2D eigenvalue weighted by Gasteiger charge is -2.12. The Labute approximate surface area is 176 Å². The number of amides is 2. The molecule has 1 aliphatic heterocycles. The van der Waals surface area contributed by atoms with Crippen molar-refractivity contribution in [3.63, 3.8) is 0 Å².